The first-order chi connectivity index (χ1) is 9.69. The summed E-state index contributed by atoms with van der Waals surface area (Å²) in [7, 11) is 0. The van der Waals surface area contributed by atoms with E-state index in [1.807, 2.05) is 18.5 Å². The molecule has 3 N–H and O–H groups in total. The fourth-order valence-corrected chi connectivity index (χ4v) is 2.55. The molecule has 0 amide bonds. The second kappa shape index (κ2) is 6.48. The molecule has 0 bridgehead atoms. The van der Waals surface area contributed by atoms with E-state index in [1.54, 1.807) is 6.20 Å². The predicted molar refractivity (Wildman–Crippen MR) is 82.5 cm³/mol. The van der Waals surface area contributed by atoms with Crippen LogP contribution >= 0.6 is 0 Å². The van der Waals surface area contributed by atoms with Crippen molar-refractivity contribution in [1.29, 1.82) is 0 Å². The highest BCUT2D eigenvalue weighted by Crippen LogP contribution is 2.30. The second-order valence-corrected chi connectivity index (χ2v) is 4.85. The number of nitrogens with one attached hydrogen (secondary N) is 1. The largest absolute Gasteiger partial charge is 0.383 e. The van der Waals surface area contributed by atoms with E-state index in [9.17, 15) is 0 Å². The standard InChI is InChI=1S/C16H22N4/c1-4-12-10-18-8-7-13(12)15(19-5-2)14-11(3)6-9-20-16(14)17/h6-10,15,19H,4-5H2,1-3H3,(H2,17,20). The zero-order chi connectivity index (χ0) is 14.5. The first-order valence-electron chi connectivity index (χ1n) is 7.06. The number of pyridine rings is 2. The molecule has 1 atom stereocenters. The van der Waals surface area contributed by atoms with Crippen molar-refractivity contribution in [2.75, 3.05) is 12.3 Å². The summed E-state index contributed by atoms with van der Waals surface area (Å²) in [4.78, 5) is 8.47. The van der Waals surface area contributed by atoms with Gasteiger partial charge in [0.1, 0.15) is 5.82 Å². The molecule has 2 aromatic rings. The number of anilines is 1. The summed E-state index contributed by atoms with van der Waals surface area (Å²) in [5.74, 6) is 0.592. The minimum Gasteiger partial charge on any atom is -0.383 e. The molecule has 2 rings (SSSR count). The number of aromatic nitrogens is 2. The third kappa shape index (κ3) is 2.80. The maximum absolute atomic E-state index is 6.11. The van der Waals surface area contributed by atoms with E-state index in [2.05, 4.69) is 42.1 Å². The van der Waals surface area contributed by atoms with Crippen LogP contribution in [0.4, 0.5) is 5.82 Å². The molecule has 0 saturated carbocycles. The van der Waals surface area contributed by atoms with Crippen LogP contribution in [0.15, 0.2) is 30.7 Å². The smallest absolute Gasteiger partial charge is 0.128 e. The van der Waals surface area contributed by atoms with Crippen molar-refractivity contribution in [3.05, 3.63) is 53.0 Å². The third-order valence-electron chi connectivity index (χ3n) is 3.57. The van der Waals surface area contributed by atoms with Crippen molar-refractivity contribution >= 4 is 5.82 Å². The summed E-state index contributed by atoms with van der Waals surface area (Å²) in [6.07, 6.45) is 6.47. The van der Waals surface area contributed by atoms with Gasteiger partial charge >= 0.3 is 0 Å². The molecule has 0 aliphatic carbocycles. The van der Waals surface area contributed by atoms with Crippen LogP contribution in [0.3, 0.4) is 0 Å². The van der Waals surface area contributed by atoms with Gasteiger partial charge in [0.15, 0.2) is 0 Å². The Morgan fingerprint density at radius 2 is 2.05 bits per heavy atom. The maximum atomic E-state index is 6.11. The van der Waals surface area contributed by atoms with E-state index >= 15 is 0 Å². The summed E-state index contributed by atoms with van der Waals surface area (Å²) in [6.45, 7) is 7.18. The first kappa shape index (κ1) is 14.5. The SMILES string of the molecule is CCNC(c1ccncc1CC)c1c(C)ccnc1N. The zero-order valence-corrected chi connectivity index (χ0v) is 12.4. The van der Waals surface area contributed by atoms with E-state index in [-0.39, 0.29) is 6.04 Å². The number of nitrogen functional groups attached to an aromatic ring is 1. The fourth-order valence-electron chi connectivity index (χ4n) is 2.55. The molecule has 0 aromatic carbocycles. The number of nitrogens with two attached hydrogens (primary N) is 1. The molecular weight excluding hydrogens is 248 g/mol. The number of hydrogen-bond acceptors (Lipinski definition) is 4. The highest BCUT2D eigenvalue weighted by atomic mass is 14.9. The lowest BCUT2D eigenvalue weighted by Gasteiger charge is -2.23. The highest BCUT2D eigenvalue weighted by Gasteiger charge is 2.20. The van der Waals surface area contributed by atoms with Gasteiger partial charge in [-0.15, -0.1) is 0 Å². The van der Waals surface area contributed by atoms with Crippen LogP contribution in [-0.2, 0) is 6.42 Å². The molecule has 20 heavy (non-hydrogen) atoms. The minimum atomic E-state index is 0.0617. The summed E-state index contributed by atoms with van der Waals surface area (Å²) in [6, 6.07) is 4.13. The Kier molecular flexibility index (Phi) is 4.69. The van der Waals surface area contributed by atoms with E-state index in [4.69, 9.17) is 5.73 Å². The molecule has 0 saturated heterocycles. The van der Waals surface area contributed by atoms with Gasteiger partial charge in [-0.1, -0.05) is 13.8 Å². The first-order valence-corrected chi connectivity index (χ1v) is 7.06. The van der Waals surface area contributed by atoms with Crippen molar-refractivity contribution in [3.8, 4) is 0 Å². The molecule has 0 spiro atoms. The molecule has 0 aliphatic heterocycles. The summed E-state index contributed by atoms with van der Waals surface area (Å²) in [5, 5.41) is 3.52. The van der Waals surface area contributed by atoms with Gasteiger partial charge in [-0.05, 0) is 48.7 Å². The van der Waals surface area contributed by atoms with E-state index in [0.717, 1.165) is 24.1 Å². The molecule has 4 heteroatoms. The van der Waals surface area contributed by atoms with Crippen LogP contribution < -0.4 is 11.1 Å². The Balaban J connectivity index is 2.56. The maximum Gasteiger partial charge on any atom is 0.128 e. The molecule has 0 fully saturated rings. The Bertz CT molecular complexity index is 560. The van der Waals surface area contributed by atoms with E-state index in [1.165, 1.54) is 11.1 Å². The van der Waals surface area contributed by atoms with Crippen molar-refractivity contribution in [2.24, 2.45) is 0 Å². The van der Waals surface area contributed by atoms with Crippen molar-refractivity contribution in [3.63, 3.8) is 0 Å². The fraction of sp³-hybridized carbons (Fsp3) is 0.375. The van der Waals surface area contributed by atoms with Crippen LogP contribution in [-0.4, -0.2) is 16.5 Å². The van der Waals surface area contributed by atoms with Gasteiger partial charge in [0, 0.05) is 24.2 Å². The predicted octanol–water partition coefficient (Wildman–Crippen LogP) is 2.63. The number of aryl methyl sites for hydroxylation is 2. The van der Waals surface area contributed by atoms with Gasteiger partial charge in [-0.25, -0.2) is 4.98 Å². The molecule has 4 nitrogen and oxygen atoms in total. The number of hydrogen-bond donors (Lipinski definition) is 2. The average Bonchev–Trinajstić information content (AvgIpc) is 2.46. The van der Waals surface area contributed by atoms with Crippen molar-refractivity contribution < 1.29 is 0 Å². The Labute approximate surface area is 120 Å². The van der Waals surface area contributed by atoms with E-state index < -0.39 is 0 Å². The summed E-state index contributed by atoms with van der Waals surface area (Å²) >= 11 is 0. The lowest BCUT2D eigenvalue weighted by molar-refractivity contribution is 0.621. The van der Waals surface area contributed by atoms with Gasteiger partial charge in [0.05, 0.1) is 6.04 Å². The van der Waals surface area contributed by atoms with Crippen molar-refractivity contribution in [2.45, 2.75) is 33.2 Å². The molecule has 1 unspecified atom stereocenters. The number of rotatable bonds is 5. The normalized spacial score (nSPS) is 12.3. The Hall–Kier alpha value is -1.94. The Morgan fingerprint density at radius 1 is 1.25 bits per heavy atom. The molecule has 2 heterocycles. The summed E-state index contributed by atoms with van der Waals surface area (Å²) < 4.78 is 0. The molecular formula is C16H22N4. The van der Waals surface area contributed by atoms with Crippen LogP contribution in [0, 0.1) is 6.92 Å². The van der Waals surface area contributed by atoms with Gasteiger partial charge < -0.3 is 11.1 Å². The molecule has 106 valence electrons. The summed E-state index contributed by atoms with van der Waals surface area (Å²) in [5.41, 5.74) is 10.8. The topological polar surface area (TPSA) is 63.8 Å². The number of nitrogens with zero attached hydrogens (tertiary/aromatic N) is 2. The van der Waals surface area contributed by atoms with Crippen LogP contribution in [0.1, 0.15) is 42.1 Å². The molecule has 2 aromatic heterocycles. The van der Waals surface area contributed by atoms with Crippen LogP contribution in [0.5, 0.6) is 0 Å². The minimum absolute atomic E-state index is 0.0617. The van der Waals surface area contributed by atoms with Gasteiger partial charge in [0.25, 0.3) is 0 Å². The monoisotopic (exact) mass is 270 g/mol. The van der Waals surface area contributed by atoms with Crippen LogP contribution in [0.2, 0.25) is 0 Å². The van der Waals surface area contributed by atoms with Crippen LogP contribution in [0.25, 0.3) is 0 Å². The van der Waals surface area contributed by atoms with Crippen molar-refractivity contribution in [1.82, 2.24) is 15.3 Å². The Morgan fingerprint density at radius 3 is 2.70 bits per heavy atom. The van der Waals surface area contributed by atoms with Gasteiger partial charge in [-0.3, -0.25) is 4.98 Å². The lowest BCUT2D eigenvalue weighted by atomic mass is 9.92. The quantitative estimate of drug-likeness (QED) is 0.876. The highest BCUT2D eigenvalue weighted by molar-refractivity contribution is 5.50. The van der Waals surface area contributed by atoms with Gasteiger partial charge in [-0.2, -0.15) is 0 Å². The van der Waals surface area contributed by atoms with Gasteiger partial charge in [0.2, 0.25) is 0 Å². The lowest BCUT2D eigenvalue weighted by Crippen LogP contribution is -2.25. The second-order valence-electron chi connectivity index (χ2n) is 4.85. The van der Waals surface area contributed by atoms with E-state index in [0.29, 0.717) is 5.82 Å². The average molecular weight is 270 g/mol. The zero-order valence-electron chi connectivity index (χ0n) is 12.4. The molecule has 0 radical (unpaired) electrons. The molecule has 0 aliphatic rings. The third-order valence-corrected chi connectivity index (χ3v) is 3.57.